The minimum atomic E-state index is -0.0826. The van der Waals surface area contributed by atoms with Gasteiger partial charge in [-0.3, -0.25) is 4.90 Å². The smallest absolute Gasteiger partial charge is 0.126 e. The summed E-state index contributed by atoms with van der Waals surface area (Å²) in [5.41, 5.74) is 0.827. The third-order valence-electron chi connectivity index (χ3n) is 6.22. The Morgan fingerprint density at radius 1 is 1.12 bits per heavy atom. The van der Waals surface area contributed by atoms with Crippen molar-refractivity contribution in [3.05, 3.63) is 35.6 Å². The highest BCUT2D eigenvalue weighted by Crippen LogP contribution is 2.29. The normalized spacial score (nSPS) is 27.1. The van der Waals surface area contributed by atoms with Gasteiger partial charge in [-0.15, -0.1) is 0 Å². The molecule has 2 aliphatic rings. The highest BCUT2D eigenvalue weighted by molar-refractivity contribution is 5.18. The first-order chi connectivity index (χ1) is 12.1. The Morgan fingerprint density at radius 2 is 1.84 bits per heavy atom. The van der Waals surface area contributed by atoms with E-state index in [1.54, 1.807) is 12.1 Å². The molecule has 2 atom stereocenters. The summed E-state index contributed by atoms with van der Waals surface area (Å²) in [5.74, 6) is 0.328. The van der Waals surface area contributed by atoms with Gasteiger partial charge in [-0.05, 0) is 76.7 Å². The minimum Gasteiger partial charge on any atom is -0.380 e. The predicted octanol–water partition coefficient (Wildman–Crippen LogP) is 3.58. The van der Waals surface area contributed by atoms with Crippen LogP contribution in [0.2, 0.25) is 0 Å². The van der Waals surface area contributed by atoms with Gasteiger partial charge < -0.3 is 9.64 Å². The summed E-state index contributed by atoms with van der Waals surface area (Å²) in [6, 6.07) is 8.50. The molecule has 0 saturated carbocycles. The highest BCUT2D eigenvalue weighted by atomic mass is 19.1. The second-order valence-electron chi connectivity index (χ2n) is 7.97. The summed E-state index contributed by atoms with van der Waals surface area (Å²) in [6.07, 6.45) is 4.60. The summed E-state index contributed by atoms with van der Waals surface area (Å²) < 4.78 is 19.8. The van der Waals surface area contributed by atoms with E-state index in [2.05, 4.69) is 23.6 Å². The van der Waals surface area contributed by atoms with Crippen molar-refractivity contribution in [1.82, 2.24) is 9.80 Å². The lowest BCUT2D eigenvalue weighted by molar-refractivity contribution is -0.0350. The van der Waals surface area contributed by atoms with Crippen molar-refractivity contribution >= 4 is 0 Å². The molecule has 4 heteroatoms. The molecule has 3 rings (SSSR count). The molecular formula is C21H33FN2O. The fourth-order valence-corrected chi connectivity index (χ4v) is 4.53. The molecule has 2 heterocycles. The minimum absolute atomic E-state index is 0.0826. The van der Waals surface area contributed by atoms with Crippen molar-refractivity contribution < 1.29 is 9.13 Å². The third kappa shape index (κ3) is 4.60. The first-order valence-electron chi connectivity index (χ1n) is 9.82. The second kappa shape index (κ2) is 8.61. The van der Waals surface area contributed by atoms with E-state index >= 15 is 0 Å². The maximum Gasteiger partial charge on any atom is 0.126 e. The van der Waals surface area contributed by atoms with Crippen LogP contribution in [-0.4, -0.2) is 61.3 Å². The van der Waals surface area contributed by atoms with Gasteiger partial charge in [0.2, 0.25) is 0 Å². The molecule has 0 amide bonds. The third-order valence-corrected chi connectivity index (χ3v) is 6.22. The van der Waals surface area contributed by atoms with Crippen molar-refractivity contribution in [3.8, 4) is 0 Å². The summed E-state index contributed by atoms with van der Waals surface area (Å²) in [7, 11) is 1.81. The Balaban J connectivity index is 1.56. The zero-order valence-electron chi connectivity index (χ0n) is 16.0. The van der Waals surface area contributed by atoms with E-state index in [0.29, 0.717) is 18.0 Å². The molecule has 2 fully saturated rings. The van der Waals surface area contributed by atoms with E-state index < -0.39 is 0 Å². The number of piperidine rings is 2. The van der Waals surface area contributed by atoms with Gasteiger partial charge in [-0.2, -0.15) is 0 Å². The molecule has 0 unspecified atom stereocenters. The average Bonchev–Trinajstić information content (AvgIpc) is 2.64. The number of halogens is 1. The zero-order chi connectivity index (χ0) is 17.8. The lowest BCUT2D eigenvalue weighted by Gasteiger charge is -2.45. The summed E-state index contributed by atoms with van der Waals surface area (Å²) in [6.45, 7) is 9.09. The molecule has 25 heavy (non-hydrogen) atoms. The molecule has 0 aromatic heterocycles. The van der Waals surface area contributed by atoms with Crippen molar-refractivity contribution in [1.29, 1.82) is 0 Å². The Hall–Kier alpha value is -0.970. The van der Waals surface area contributed by atoms with Crippen LogP contribution in [-0.2, 0) is 11.2 Å². The van der Waals surface area contributed by atoms with Crippen LogP contribution < -0.4 is 0 Å². The maximum atomic E-state index is 14.0. The van der Waals surface area contributed by atoms with E-state index in [9.17, 15) is 4.39 Å². The number of benzene rings is 1. The van der Waals surface area contributed by atoms with Gasteiger partial charge in [0, 0.05) is 25.7 Å². The lowest BCUT2D eigenvalue weighted by Crippen LogP contribution is -2.53. The molecule has 1 aromatic carbocycles. The summed E-state index contributed by atoms with van der Waals surface area (Å²) in [4.78, 5) is 5.21. The van der Waals surface area contributed by atoms with E-state index in [0.717, 1.165) is 31.5 Å². The maximum absolute atomic E-state index is 14.0. The van der Waals surface area contributed by atoms with Gasteiger partial charge in [0.15, 0.2) is 0 Å². The van der Waals surface area contributed by atoms with Gasteiger partial charge in [-0.25, -0.2) is 4.39 Å². The van der Waals surface area contributed by atoms with Gasteiger partial charge in [-0.1, -0.05) is 18.2 Å². The fourth-order valence-electron chi connectivity index (χ4n) is 4.53. The average molecular weight is 349 g/mol. The molecule has 0 N–H and O–H groups in total. The van der Waals surface area contributed by atoms with Crippen LogP contribution >= 0.6 is 0 Å². The van der Waals surface area contributed by atoms with Crippen molar-refractivity contribution in [2.24, 2.45) is 5.92 Å². The van der Waals surface area contributed by atoms with Crippen LogP contribution in [0.1, 0.15) is 38.7 Å². The number of ether oxygens (including phenoxy) is 1. The number of likely N-dealkylation sites (tertiary alicyclic amines) is 2. The molecule has 3 nitrogen and oxygen atoms in total. The molecule has 0 bridgehead atoms. The quantitative estimate of drug-likeness (QED) is 0.809. The highest BCUT2D eigenvalue weighted by Gasteiger charge is 2.34. The SMILES string of the molecule is CO[C@@H]1CN(C2CCN(C(C)C)CC2)CC[C@@H]1Cc1ccccc1F. The second-order valence-corrected chi connectivity index (χ2v) is 7.97. The number of methoxy groups -OCH3 is 1. The standard InChI is InChI=1S/C21H33FN2O/c1-16(2)23-12-9-19(10-13-23)24-11-8-18(21(15-24)25-3)14-17-6-4-5-7-20(17)22/h4-7,16,18-19,21H,8-15H2,1-3H3/t18-,21-/m1/s1. The Labute approximate surface area is 152 Å². The van der Waals surface area contributed by atoms with Crippen LogP contribution in [0.15, 0.2) is 24.3 Å². The largest absolute Gasteiger partial charge is 0.380 e. The molecule has 2 aliphatic heterocycles. The molecule has 0 radical (unpaired) electrons. The first-order valence-corrected chi connectivity index (χ1v) is 9.82. The Kier molecular flexibility index (Phi) is 6.48. The van der Waals surface area contributed by atoms with Crippen LogP contribution in [0.5, 0.6) is 0 Å². The number of rotatable bonds is 5. The first kappa shape index (κ1) is 18.8. The van der Waals surface area contributed by atoms with Crippen LogP contribution in [0.3, 0.4) is 0 Å². The van der Waals surface area contributed by atoms with Gasteiger partial charge >= 0.3 is 0 Å². The van der Waals surface area contributed by atoms with E-state index in [-0.39, 0.29) is 11.9 Å². The number of nitrogens with zero attached hydrogens (tertiary/aromatic N) is 2. The zero-order valence-corrected chi connectivity index (χ0v) is 16.0. The van der Waals surface area contributed by atoms with Crippen LogP contribution in [0, 0.1) is 11.7 Å². The van der Waals surface area contributed by atoms with Crippen LogP contribution in [0.25, 0.3) is 0 Å². The summed E-state index contributed by atoms with van der Waals surface area (Å²) >= 11 is 0. The Bertz CT molecular complexity index is 542. The molecule has 0 spiro atoms. The number of hydrogen-bond acceptors (Lipinski definition) is 3. The topological polar surface area (TPSA) is 15.7 Å². The number of hydrogen-bond donors (Lipinski definition) is 0. The van der Waals surface area contributed by atoms with Gasteiger partial charge in [0.05, 0.1) is 6.10 Å². The van der Waals surface area contributed by atoms with Crippen molar-refractivity contribution in [3.63, 3.8) is 0 Å². The van der Waals surface area contributed by atoms with Crippen molar-refractivity contribution in [2.75, 3.05) is 33.3 Å². The summed E-state index contributed by atoms with van der Waals surface area (Å²) in [5, 5.41) is 0. The van der Waals surface area contributed by atoms with E-state index in [1.807, 2.05) is 19.2 Å². The van der Waals surface area contributed by atoms with Crippen molar-refractivity contribution in [2.45, 2.75) is 57.7 Å². The van der Waals surface area contributed by atoms with Gasteiger partial charge in [0.25, 0.3) is 0 Å². The van der Waals surface area contributed by atoms with E-state index in [4.69, 9.17) is 4.74 Å². The fraction of sp³-hybridized carbons (Fsp3) is 0.714. The lowest BCUT2D eigenvalue weighted by atomic mass is 9.86. The van der Waals surface area contributed by atoms with Gasteiger partial charge in [0.1, 0.15) is 5.82 Å². The van der Waals surface area contributed by atoms with E-state index in [1.165, 1.54) is 25.9 Å². The molecule has 1 aromatic rings. The molecule has 0 aliphatic carbocycles. The van der Waals surface area contributed by atoms with Crippen LogP contribution in [0.4, 0.5) is 4.39 Å². The predicted molar refractivity (Wildman–Crippen MR) is 100 cm³/mol. The molecule has 2 saturated heterocycles. The Morgan fingerprint density at radius 3 is 2.48 bits per heavy atom. The monoisotopic (exact) mass is 348 g/mol. The molecular weight excluding hydrogens is 315 g/mol. The molecule has 140 valence electrons.